The molecule has 0 radical (unpaired) electrons. The van der Waals surface area contributed by atoms with Gasteiger partial charge in [0, 0.05) is 26.6 Å². The Hall–Kier alpha value is -2.18. The van der Waals surface area contributed by atoms with Gasteiger partial charge in [0.2, 0.25) is 15.9 Å². The summed E-state index contributed by atoms with van der Waals surface area (Å²) >= 11 is 0. The van der Waals surface area contributed by atoms with Crippen molar-refractivity contribution in [2.45, 2.75) is 45.1 Å². The zero-order chi connectivity index (χ0) is 20.0. The molecule has 0 saturated carbocycles. The van der Waals surface area contributed by atoms with E-state index < -0.39 is 10.0 Å². The lowest BCUT2D eigenvalue weighted by Gasteiger charge is -2.22. The Kier molecular flexibility index (Phi) is 7.16. The fourth-order valence-electron chi connectivity index (χ4n) is 2.77. The largest absolute Gasteiger partial charge is 0.337 e. The van der Waals surface area contributed by atoms with Crippen molar-refractivity contribution < 1.29 is 13.2 Å². The minimum absolute atomic E-state index is 0.0845. The number of hydrogen-bond donors (Lipinski definition) is 1. The molecule has 0 aliphatic heterocycles. The van der Waals surface area contributed by atoms with Gasteiger partial charge >= 0.3 is 0 Å². The number of benzene rings is 2. The van der Waals surface area contributed by atoms with Gasteiger partial charge in [-0.2, -0.15) is 0 Å². The second-order valence-corrected chi connectivity index (χ2v) is 8.76. The second kappa shape index (κ2) is 9.15. The molecule has 1 amide bonds. The van der Waals surface area contributed by atoms with E-state index in [2.05, 4.69) is 18.6 Å². The van der Waals surface area contributed by atoms with Crippen molar-refractivity contribution in [3.05, 3.63) is 65.2 Å². The lowest BCUT2D eigenvalue weighted by atomic mass is 10.0. The molecule has 5 nitrogen and oxygen atoms in total. The highest BCUT2D eigenvalue weighted by Gasteiger charge is 2.16. The molecule has 2 rings (SSSR count). The average molecular weight is 389 g/mol. The Morgan fingerprint density at radius 1 is 1.07 bits per heavy atom. The van der Waals surface area contributed by atoms with Crippen LogP contribution in [0.3, 0.4) is 0 Å². The number of rotatable bonds is 8. The molecule has 0 aliphatic rings. The summed E-state index contributed by atoms with van der Waals surface area (Å²) in [4.78, 5) is 13.8. The predicted molar refractivity (Wildman–Crippen MR) is 108 cm³/mol. The number of carbonyl (C=O) groups is 1. The van der Waals surface area contributed by atoms with Gasteiger partial charge in [-0.15, -0.1) is 0 Å². The van der Waals surface area contributed by atoms with Crippen molar-refractivity contribution in [3.63, 3.8) is 0 Å². The molecule has 0 atom stereocenters. The maximum absolute atomic E-state index is 12.5. The van der Waals surface area contributed by atoms with Crippen molar-refractivity contribution in [1.29, 1.82) is 0 Å². The fraction of sp³-hybridized carbons (Fsp3) is 0.381. The topological polar surface area (TPSA) is 66.5 Å². The van der Waals surface area contributed by atoms with E-state index in [9.17, 15) is 13.2 Å². The monoisotopic (exact) mass is 388 g/mol. The summed E-state index contributed by atoms with van der Waals surface area (Å²) in [6, 6.07) is 14.8. The molecule has 6 heteroatoms. The molecular weight excluding hydrogens is 360 g/mol. The van der Waals surface area contributed by atoms with E-state index in [4.69, 9.17) is 0 Å². The van der Waals surface area contributed by atoms with E-state index in [-0.39, 0.29) is 17.3 Å². The Morgan fingerprint density at radius 2 is 1.70 bits per heavy atom. The van der Waals surface area contributed by atoms with E-state index in [1.807, 2.05) is 43.3 Å². The fourth-order valence-corrected chi connectivity index (χ4v) is 3.79. The number of nitrogens with zero attached hydrogens (tertiary/aromatic N) is 1. The van der Waals surface area contributed by atoms with Crippen LogP contribution in [0.2, 0.25) is 0 Å². The Labute approximate surface area is 162 Å². The Balaban J connectivity index is 1.99. The zero-order valence-electron chi connectivity index (χ0n) is 16.4. The number of sulfonamides is 1. The first-order valence-electron chi connectivity index (χ1n) is 9.10. The van der Waals surface area contributed by atoms with Gasteiger partial charge in [-0.3, -0.25) is 4.79 Å². The van der Waals surface area contributed by atoms with Gasteiger partial charge < -0.3 is 4.90 Å². The minimum Gasteiger partial charge on any atom is -0.337 e. The summed E-state index contributed by atoms with van der Waals surface area (Å²) < 4.78 is 27.5. The summed E-state index contributed by atoms with van der Waals surface area (Å²) in [6.07, 6.45) is 0. The van der Waals surface area contributed by atoms with Crippen LogP contribution in [0.5, 0.6) is 0 Å². The molecule has 27 heavy (non-hydrogen) atoms. The highest BCUT2D eigenvalue weighted by atomic mass is 32.2. The molecule has 0 fully saturated rings. The molecule has 0 unspecified atom stereocenters. The first-order valence-corrected chi connectivity index (χ1v) is 10.6. The van der Waals surface area contributed by atoms with Gasteiger partial charge in [-0.05, 0) is 41.7 Å². The van der Waals surface area contributed by atoms with Crippen molar-refractivity contribution in [1.82, 2.24) is 9.62 Å². The lowest BCUT2D eigenvalue weighted by molar-refractivity contribution is -0.129. The first kappa shape index (κ1) is 21.1. The van der Waals surface area contributed by atoms with Gasteiger partial charge in [-0.1, -0.05) is 50.2 Å². The summed E-state index contributed by atoms with van der Waals surface area (Å²) in [5.74, 6) is 0.263. The Morgan fingerprint density at radius 3 is 2.26 bits per heavy atom. The van der Waals surface area contributed by atoms with Crippen LogP contribution < -0.4 is 4.72 Å². The summed E-state index contributed by atoms with van der Waals surface area (Å²) in [6.45, 7) is 8.56. The number of carbonyl (C=O) groups excluding carboxylic acids is 1. The molecule has 0 heterocycles. The lowest BCUT2D eigenvalue weighted by Crippen LogP contribution is -2.37. The van der Waals surface area contributed by atoms with E-state index in [1.54, 1.807) is 17.0 Å². The normalized spacial score (nSPS) is 11.6. The molecule has 0 spiro atoms. The second-order valence-electron chi connectivity index (χ2n) is 6.99. The summed E-state index contributed by atoms with van der Waals surface area (Å²) in [5, 5.41) is 0. The standard InChI is InChI=1S/C21H28N2O3S/c1-16(2)19-9-11-21(12-10-19)27(25,26)22-13-14-23(18(4)24)15-20-8-6-5-7-17(20)3/h5-12,16,22H,13-15H2,1-4H3. The van der Waals surface area contributed by atoms with E-state index in [0.29, 0.717) is 19.0 Å². The van der Waals surface area contributed by atoms with Gasteiger partial charge in [0.1, 0.15) is 0 Å². The van der Waals surface area contributed by atoms with Gasteiger partial charge in [0.25, 0.3) is 0 Å². The van der Waals surface area contributed by atoms with Crippen molar-refractivity contribution in [2.24, 2.45) is 0 Å². The minimum atomic E-state index is -3.59. The third-order valence-corrected chi connectivity index (χ3v) is 6.08. The zero-order valence-corrected chi connectivity index (χ0v) is 17.2. The number of amides is 1. The third kappa shape index (κ3) is 5.91. The smallest absolute Gasteiger partial charge is 0.240 e. The van der Waals surface area contributed by atoms with Crippen LogP contribution in [-0.4, -0.2) is 32.3 Å². The van der Waals surface area contributed by atoms with Crippen LogP contribution in [0.4, 0.5) is 0 Å². The molecule has 0 saturated heterocycles. The van der Waals surface area contributed by atoms with Crippen LogP contribution in [0.25, 0.3) is 0 Å². The maximum Gasteiger partial charge on any atom is 0.240 e. The Bertz CT molecular complexity index is 875. The average Bonchev–Trinajstić information content (AvgIpc) is 2.62. The van der Waals surface area contributed by atoms with Gasteiger partial charge in [-0.25, -0.2) is 13.1 Å². The molecule has 0 aliphatic carbocycles. The molecule has 1 N–H and O–H groups in total. The SMILES string of the molecule is CC(=O)N(CCNS(=O)(=O)c1ccc(C(C)C)cc1)Cc1ccccc1C. The molecular formula is C21H28N2O3S. The van der Waals surface area contributed by atoms with Crippen LogP contribution in [0, 0.1) is 6.92 Å². The quantitative estimate of drug-likeness (QED) is 0.753. The van der Waals surface area contributed by atoms with Gasteiger partial charge in [0.05, 0.1) is 4.90 Å². The van der Waals surface area contributed by atoms with Crippen LogP contribution >= 0.6 is 0 Å². The van der Waals surface area contributed by atoms with E-state index in [0.717, 1.165) is 16.7 Å². The highest BCUT2D eigenvalue weighted by Crippen LogP contribution is 2.17. The van der Waals surface area contributed by atoms with E-state index in [1.165, 1.54) is 6.92 Å². The third-order valence-electron chi connectivity index (χ3n) is 4.60. The summed E-state index contributed by atoms with van der Waals surface area (Å²) in [5.41, 5.74) is 3.25. The summed E-state index contributed by atoms with van der Waals surface area (Å²) in [7, 11) is -3.59. The first-order chi connectivity index (χ1) is 12.7. The molecule has 2 aromatic rings. The number of aryl methyl sites for hydroxylation is 1. The number of hydrogen-bond acceptors (Lipinski definition) is 3. The molecule has 146 valence electrons. The van der Waals surface area contributed by atoms with E-state index >= 15 is 0 Å². The maximum atomic E-state index is 12.5. The molecule has 0 bridgehead atoms. The molecule has 2 aromatic carbocycles. The van der Waals surface area contributed by atoms with Crippen LogP contribution in [-0.2, 0) is 21.4 Å². The molecule has 0 aromatic heterocycles. The number of nitrogens with one attached hydrogen (secondary N) is 1. The van der Waals surface area contributed by atoms with Crippen molar-refractivity contribution >= 4 is 15.9 Å². The van der Waals surface area contributed by atoms with Crippen LogP contribution in [0.15, 0.2) is 53.4 Å². The van der Waals surface area contributed by atoms with Crippen molar-refractivity contribution in [2.75, 3.05) is 13.1 Å². The highest BCUT2D eigenvalue weighted by molar-refractivity contribution is 7.89. The van der Waals surface area contributed by atoms with Crippen molar-refractivity contribution in [3.8, 4) is 0 Å². The van der Waals surface area contributed by atoms with Crippen LogP contribution in [0.1, 0.15) is 43.4 Å². The van der Waals surface area contributed by atoms with Gasteiger partial charge in [0.15, 0.2) is 0 Å². The predicted octanol–water partition coefficient (Wildman–Crippen LogP) is 3.45.